The Kier molecular flexibility index (Phi) is 5.12. The van der Waals surface area contributed by atoms with Crippen molar-refractivity contribution < 1.29 is 8.42 Å². The van der Waals surface area contributed by atoms with Crippen molar-refractivity contribution >= 4 is 21.8 Å². The Morgan fingerprint density at radius 2 is 1.62 bits per heavy atom. The maximum atomic E-state index is 11.3. The fraction of sp³-hybridized carbons (Fsp3) is 0.333. The molecule has 2 heterocycles. The molecule has 2 N–H and O–H groups in total. The van der Waals surface area contributed by atoms with Crippen LogP contribution in [0.4, 0.5) is 0 Å². The zero-order valence-corrected chi connectivity index (χ0v) is 14.5. The Hall–Kier alpha value is -1.58. The van der Waals surface area contributed by atoms with E-state index in [1.165, 1.54) is 4.31 Å². The first-order valence-corrected chi connectivity index (χ1v) is 9.37. The third-order valence-electron chi connectivity index (χ3n) is 3.91. The van der Waals surface area contributed by atoms with Crippen LogP contribution in [0.1, 0.15) is 5.56 Å². The second-order valence-corrected chi connectivity index (χ2v) is 7.62. The molecule has 0 spiro atoms. The minimum Gasteiger partial charge on any atom is -0.296 e. The maximum absolute atomic E-state index is 11.3. The molecule has 0 saturated carbocycles. The number of nitrogens with two attached hydrogens (primary N) is 1. The van der Waals surface area contributed by atoms with Gasteiger partial charge in [-0.2, -0.15) is 12.7 Å². The molecule has 0 radical (unpaired) electrons. The molecule has 0 atom stereocenters. The molecule has 1 aromatic heterocycles. The number of halogens is 1. The first-order chi connectivity index (χ1) is 11.4. The Morgan fingerprint density at radius 3 is 2.17 bits per heavy atom. The van der Waals surface area contributed by atoms with Crippen LogP contribution in [0.5, 0.6) is 0 Å². The second kappa shape index (κ2) is 7.12. The third kappa shape index (κ3) is 4.28. The van der Waals surface area contributed by atoms with Crippen molar-refractivity contribution in [3.8, 4) is 11.4 Å². The smallest absolute Gasteiger partial charge is 0.276 e. The minimum atomic E-state index is -3.59. The van der Waals surface area contributed by atoms with Crippen LogP contribution in [0.15, 0.2) is 36.7 Å². The van der Waals surface area contributed by atoms with Crippen LogP contribution in [0.2, 0.25) is 5.02 Å². The van der Waals surface area contributed by atoms with Gasteiger partial charge in [0.15, 0.2) is 5.82 Å². The summed E-state index contributed by atoms with van der Waals surface area (Å²) in [4.78, 5) is 10.9. The molecule has 0 bridgehead atoms. The van der Waals surface area contributed by atoms with Gasteiger partial charge in [0.2, 0.25) is 0 Å². The van der Waals surface area contributed by atoms with Crippen LogP contribution in [0.25, 0.3) is 11.4 Å². The lowest BCUT2D eigenvalue weighted by Gasteiger charge is -2.32. The molecule has 2 aromatic rings. The standard InChI is InChI=1S/C15H18ClN5O2S/c16-14-3-1-13(2-4-14)15-18-9-12(10-19-15)11-20-5-7-21(8-6-20)24(17,22)23/h1-4,9-10H,5-8,11H2,(H2,17,22,23). The molecule has 128 valence electrons. The zero-order chi connectivity index (χ0) is 17.2. The highest BCUT2D eigenvalue weighted by molar-refractivity contribution is 7.86. The molecule has 1 aromatic carbocycles. The summed E-state index contributed by atoms with van der Waals surface area (Å²) in [6, 6.07) is 7.37. The van der Waals surface area contributed by atoms with Gasteiger partial charge in [0, 0.05) is 61.3 Å². The summed E-state index contributed by atoms with van der Waals surface area (Å²) in [6.45, 7) is 2.76. The first-order valence-electron chi connectivity index (χ1n) is 7.49. The number of aromatic nitrogens is 2. The number of hydrogen-bond acceptors (Lipinski definition) is 5. The lowest BCUT2D eigenvalue weighted by atomic mass is 10.2. The average Bonchev–Trinajstić information content (AvgIpc) is 2.56. The average molecular weight is 368 g/mol. The predicted molar refractivity (Wildman–Crippen MR) is 92.4 cm³/mol. The Labute approximate surface area is 146 Å². The van der Waals surface area contributed by atoms with Crippen LogP contribution in [-0.4, -0.2) is 53.8 Å². The first kappa shape index (κ1) is 17.2. The fourth-order valence-corrected chi connectivity index (χ4v) is 3.38. The molecule has 9 heteroatoms. The van der Waals surface area contributed by atoms with Crippen LogP contribution in [0, 0.1) is 0 Å². The van der Waals surface area contributed by atoms with Gasteiger partial charge in [0.05, 0.1) is 0 Å². The van der Waals surface area contributed by atoms with Gasteiger partial charge in [-0.1, -0.05) is 11.6 Å². The van der Waals surface area contributed by atoms with Crippen molar-refractivity contribution in [1.29, 1.82) is 0 Å². The van der Waals surface area contributed by atoms with Crippen molar-refractivity contribution in [2.24, 2.45) is 5.14 Å². The number of rotatable bonds is 4. The van der Waals surface area contributed by atoms with Gasteiger partial charge >= 0.3 is 0 Å². The minimum absolute atomic E-state index is 0.405. The maximum Gasteiger partial charge on any atom is 0.276 e. The second-order valence-electron chi connectivity index (χ2n) is 5.64. The SMILES string of the molecule is NS(=O)(=O)N1CCN(Cc2cnc(-c3ccc(Cl)cc3)nc2)CC1. The van der Waals surface area contributed by atoms with Gasteiger partial charge in [-0.05, 0) is 24.3 Å². The van der Waals surface area contributed by atoms with E-state index in [4.69, 9.17) is 16.7 Å². The molecule has 1 aliphatic heterocycles. The van der Waals surface area contributed by atoms with E-state index in [1.54, 1.807) is 24.5 Å². The number of benzene rings is 1. The van der Waals surface area contributed by atoms with E-state index in [0.717, 1.165) is 11.1 Å². The Morgan fingerprint density at radius 1 is 1.04 bits per heavy atom. The summed E-state index contributed by atoms with van der Waals surface area (Å²) in [5.41, 5.74) is 1.89. The lowest BCUT2D eigenvalue weighted by molar-refractivity contribution is 0.181. The molecule has 3 rings (SSSR count). The van der Waals surface area contributed by atoms with E-state index in [9.17, 15) is 8.42 Å². The summed E-state index contributed by atoms with van der Waals surface area (Å²) in [7, 11) is -3.59. The van der Waals surface area contributed by atoms with Crippen molar-refractivity contribution in [3.63, 3.8) is 0 Å². The summed E-state index contributed by atoms with van der Waals surface area (Å²) in [5, 5.41) is 5.82. The van der Waals surface area contributed by atoms with Crippen LogP contribution >= 0.6 is 11.6 Å². The zero-order valence-electron chi connectivity index (χ0n) is 13.0. The van der Waals surface area contributed by atoms with Gasteiger partial charge < -0.3 is 0 Å². The number of hydrogen-bond donors (Lipinski definition) is 1. The highest BCUT2D eigenvalue weighted by Crippen LogP contribution is 2.18. The van der Waals surface area contributed by atoms with Gasteiger partial charge in [-0.15, -0.1) is 0 Å². The quantitative estimate of drug-likeness (QED) is 0.874. The van der Waals surface area contributed by atoms with Crippen molar-refractivity contribution in [3.05, 3.63) is 47.2 Å². The highest BCUT2D eigenvalue weighted by Gasteiger charge is 2.23. The van der Waals surface area contributed by atoms with Gasteiger partial charge in [-0.25, -0.2) is 15.1 Å². The highest BCUT2D eigenvalue weighted by atomic mass is 35.5. The summed E-state index contributed by atoms with van der Waals surface area (Å²) < 4.78 is 23.9. The van der Waals surface area contributed by atoms with E-state index in [1.807, 2.05) is 12.1 Å². The molecule has 0 amide bonds. The summed E-state index contributed by atoms with van der Waals surface area (Å²) >= 11 is 5.88. The van der Waals surface area contributed by atoms with E-state index in [-0.39, 0.29) is 0 Å². The van der Waals surface area contributed by atoms with Crippen molar-refractivity contribution in [1.82, 2.24) is 19.2 Å². The van der Waals surface area contributed by atoms with Crippen molar-refractivity contribution in [2.75, 3.05) is 26.2 Å². The van der Waals surface area contributed by atoms with E-state index < -0.39 is 10.2 Å². The van der Waals surface area contributed by atoms with Crippen molar-refractivity contribution in [2.45, 2.75) is 6.54 Å². The normalized spacial score (nSPS) is 17.1. The predicted octanol–water partition coefficient (Wildman–Crippen LogP) is 1.12. The van der Waals surface area contributed by atoms with Crippen LogP contribution in [-0.2, 0) is 16.8 Å². The molecule has 0 unspecified atom stereocenters. The molecule has 0 aliphatic carbocycles. The molecule has 7 nitrogen and oxygen atoms in total. The largest absolute Gasteiger partial charge is 0.296 e. The van der Waals surface area contributed by atoms with E-state index in [0.29, 0.717) is 43.6 Å². The molecular formula is C15H18ClN5O2S. The fourth-order valence-electron chi connectivity index (χ4n) is 2.58. The van der Waals surface area contributed by atoms with Gasteiger partial charge in [0.25, 0.3) is 10.2 Å². The van der Waals surface area contributed by atoms with E-state index >= 15 is 0 Å². The molecular weight excluding hydrogens is 350 g/mol. The molecule has 1 fully saturated rings. The van der Waals surface area contributed by atoms with Gasteiger partial charge in [0.1, 0.15) is 0 Å². The van der Waals surface area contributed by atoms with E-state index in [2.05, 4.69) is 14.9 Å². The van der Waals surface area contributed by atoms with Crippen LogP contribution < -0.4 is 5.14 Å². The Bertz CT molecular complexity index is 788. The lowest BCUT2D eigenvalue weighted by Crippen LogP contribution is -2.50. The molecule has 1 aliphatic rings. The van der Waals surface area contributed by atoms with Crippen LogP contribution in [0.3, 0.4) is 0 Å². The topological polar surface area (TPSA) is 92.4 Å². The number of piperazine rings is 1. The monoisotopic (exact) mass is 367 g/mol. The van der Waals surface area contributed by atoms with Gasteiger partial charge in [-0.3, -0.25) is 4.90 Å². The number of nitrogens with zero attached hydrogens (tertiary/aromatic N) is 4. The molecule has 24 heavy (non-hydrogen) atoms. The Balaban J connectivity index is 1.60. The molecule has 1 saturated heterocycles. The summed E-state index contributed by atoms with van der Waals surface area (Å²) in [6.07, 6.45) is 3.59. The third-order valence-corrected chi connectivity index (χ3v) is 5.24. The summed E-state index contributed by atoms with van der Waals surface area (Å²) in [5.74, 6) is 0.648.